The van der Waals surface area contributed by atoms with Crippen molar-refractivity contribution in [2.45, 2.75) is 13.5 Å². The normalized spacial score (nSPS) is 10.2. The Kier molecular flexibility index (Phi) is 3.33. The molecule has 2 aromatic rings. The maximum absolute atomic E-state index is 11.7. The third-order valence-corrected chi connectivity index (χ3v) is 2.88. The lowest BCUT2D eigenvalue weighted by molar-refractivity contribution is 0.0949. The Balaban J connectivity index is 1.93. The first kappa shape index (κ1) is 11.5. The zero-order chi connectivity index (χ0) is 12.3. The SMILES string of the molecule is CNc1nnc(C(=O)NCc2cc(C)on2)s1. The fourth-order valence-corrected chi connectivity index (χ4v) is 1.78. The number of rotatable bonds is 4. The Morgan fingerprint density at radius 1 is 1.53 bits per heavy atom. The highest BCUT2D eigenvalue weighted by Crippen LogP contribution is 2.13. The van der Waals surface area contributed by atoms with Crippen molar-refractivity contribution in [1.29, 1.82) is 0 Å². The molecule has 1 amide bonds. The zero-order valence-electron chi connectivity index (χ0n) is 9.35. The van der Waals surface area contributed by atoms with Gasteiger partial charge in [-0.05, 0) is 6.92 Å². The van der Waals surface area contributed by atoms with Gasteiger partial charge in [0, 0.05) is 13.1 Å². The average Bonchev–Trinajstić information content (AvgIpc) is 2.94. The number of carbonyl (C=O) groups excluding carboxylic acids is 1. The maximum Gasteiger partial charge on any atom is 0.282 e. The molecular weight excluding hydrogens is 242 g/mol. The van der Waals surface area contributed by atoms with E-state index in [9.17, 15) is 4.79 Å². The summed E-state index contributed by atoms with van der Waals surface area (Å²) in [5, 5.41) is 17.7. The predicted octanol–water partition coefficient (Wildman–Crippen LogP) is 0.806. The molecule has 8 heteroatoms. The molecule has 0 aromatic carbocycles. The quantitative estimate of drug-likeness (QED) is 0.837. The lowest BCUT2D eigenvalue weighted by Gasteiger charge is -1.97. The minimum absolute atomic E-state index is 0.273. The third kappa shape index (κ3) is 2.78. The van der Waals surface area contributed by atoms with Gasteiger partial charge in [0.2, 0.25) is 10.1 Å². The Hall–Kier alpha value is -1.96. The fourth-order valence-electron chi connectivity index (χ4n) is 1.16. The van der Waals surface area contributed by atoms with Gasteiger partial charge in [0.15, 0.2) is 0 Å². The molecule has 0 fully saturated rings. The van der Waals surface area contributed by atoms with E-state index in [-0.39, 0.29) is 5.91 Å². The van der Waals surface area contributed by atoms with E-state index in [1.165, 1.54) is 11.3 Å². The number of amides is 1. The number of carbonyl (C=O) groups is 1. The third-order valence-electron chi connectivity index (χ3n) is 1.94. The second kappa shape index (κ2) is 4.91. The van der Waals surface area contributed by atoms with Crippen LogP contribution in [0.5, 0.6) is 0 Å². The average molecular weight is 253 g/mol. The number of hydrogen-bond donors (Lipinski definition) is 2. The molecule has 0 unspecified atom stereocenters. The van der Waals surface area contributed by atoms with E-state index in [0.717, 1.165) is 0 Å². The molecule has 0 aliphatic rings. The highest BCUT2D eigenvalue weighted by Gasteiger charge is 2.12. The first-order valence-corrected chi connectivity index (χ1v) is 5.72. The Morgan fingerprint density at radius 3 is 2.94 bits per heavy atom. The molecule has 0 aliphatic carbocycles. The summed E-state index contributed by atoms with van der Waals surface area (Å²) in [6.45, 7) is 2.10. The van der Waals surface area contributed by atoms with Gasteiger partial charge in [0.25, 0.3) is 5.91 Å². The van der Waals surface area contributed by atoms with Gasteiger partial charge in [-0.1, -0.05) is 16.5 Å². The Labute approximate surface area is 101 Å². The number of nitrogens with zero attached hydrogens (tertiary/aromatic N) is 3. The number of aryl methyl sites for hydroxylation is 1. The van der Waals surface area contributed by atoms with Crippen LogP contribution in [-0.4, -0.2) is 28.3 Å². The lowest BCUT2D eigenvalue weighted by Crippen LogP contribution is -2.22. The van der Waals surface area contributed by atoms with Gasteiger partial charge in [-0.15, -0.1) is 10.2 Å². The van der Waals surface area contributed by atoms with E-state index in [2.05, 4.69) is 26.0 Å². The molecule has 0 saturated heterocycles. The molecule has 2 rings (SSSR count). The summed E-state index contributed by atoms with van der Waals surface area (Å²) >= 11 is 1.19. The standard InChI is InChI=1S/C9H11N5O2S/c1-5-3-6(14-16-5)4-11-7(15)8-12-13-9(10-2)17-8/h3H,4H2,1-2H3,(H,10,13)(H,11,15). The smallest absolute Gasteiger partial charge is 0.282 e. The molecule has 0 radical (unpaired) electrons. The second-order valence-electron chi connectivity index (χ2n) is 3.27. The molecular formula is C9H11N5O2S. The second-order valence-corrected chi connectivity index (χ2v) is 4.25. The van der Waals surface area contributed by atoms with Crippen molar-refractivity contribution in [3.63, 3.8) is 0 Å². The van der Waals surface area contributed by atoms with Gasteiger partial charge in [0.05, 0.1) is 6.54 Å². The maximum atomic E-state index is 11.7. The topological polar surface area (TPSA) is 92.9 Å². The summed E-state index contributed by atoms with van der Waals surface area (Å²) < 4.78 is 4.89. The molecule has 0 spiro atoms. The summed E-state index contributed by atoms with van der Waals surface area (Å²) in [6.07, 6.45) is 0. The van der Waals surface area contributed by atoms with Crippen molar-refractivity contribution in [2.24, 2.45) is 0 Å². The molecule has 17 heavy (non-hydrogen) atoms. The van der Waals surface area contributed by atoms with Crippen molar-refractivity contribution in [3.8, 4) is 0 Å². The van der Waals surface area contributed by atoms with Gasteiger partial charge in [-0.25, -0.2) is 0 Å². The van der Waals surface area contributed by atoms with Gasteiger partial charge in [-0.2, -0.15) is 0 Å². The monoisotopic (exact) mass is 253 g/mol. The zero-order valence-corrected chi connectivity index (χ0v) is 10.2. The van der Waals surface area contributed by atoms with E-state index in [1.807, 2.05) is 0 Å². The van der Waals surface area contributed by atoms with Crippen molar-refractivity contribution in [3.05, 3.63) is 22.5 Å². The van der Waals surface area contributed by atoms with Crippen LogP contribution in [0.15, 0.2) is 10.6 Å². The van der Waals surface area contributed by atoms with E-state index in [4.69, 9.17) is 4.52 Å². The van der Waals surface area contributed by atoms with Crippen LogP contribution in [0, 0.1) is 6.92 Å². The highest BCUT2D eigenvalue weighted by atomic mass is 32.1. The van der Waals surface area contributed by atoms with Crippen LogP contribution in [-0.2, 0) is 6.54 Å². The van der Waals surface area contributed by atoms with Crippen LogP contribution in [0.3, 0.4) is 0 Å². The molecule has 2 N–H and O–H groups in total. The van der Waals surface area contributed by atoms with Crippen LogP contribution in [0.4, 0.5) is 5.13 Å². The molecule has 0 aliphatic heterocycles. The van der Waals surface area contributed by atoms with E-state index < -0.39 is 0 Å². The molecule has 0 bridgehead atoms. The van der Waals surface area contributed by atoms with Crippen LogP contribution in [0.2, 0.25) is 0 Å². The van der Waals surface area contributed by atoms with Gasteiger partial charge >= 0.3 is 0 Å². The highest BCUT2D eigenvalue weighted by molar-refractivity contribution is 7.17. The number of hydrogen-bond acceptors (Lipinski definition) is 7. The molecule has 0 saturated carbocycles. The van der Waals surface area contributed by atoms with E-state index >= 15 is 0 Å². The van der Waals surface area contributed by atoms with Crippen LogP contribution in [0.25, 0.3) is 0 Å². The van der Waals surface area contributed by atoms with Crippen molar-refractivity contribution >= 4 is 22.4 Å². The van der Waals surface area contributed by atoms with E-state index in [1.54, 1.807) is 20.0 Å². The summed E-state index contributed by atoms with van der Waals surface area (Å²) in [4.78, 5) is 11.7. The summed E-state index contributed by atoms with van der Waals surface area (Å²) in [7, 11) is 1.72. The predicted molar refractivity (Wildman–Crippen MR) is 61.9 cm³/mol. The van der Waals surface area contributed by atoms with Gasteiger partial charge in [0.1, 0.15) is 11.5 Å². The van der Waals surface area contributed by atoms with Crippen molar-refractivity contribution in [2.75, 3.05) is 12.4 Å². The summed E-state index contributed by atoms with van der Waals surface area (Å²) in [6, 6.07) is 1.76. The molecule has 2 aromatic heterocycles. The lowest BCUT2D eigenvalue weighted by atomic mass is 10.4. The minimum Gasteiger partial charge on any atom is -0.363 e. The fraction of sp³-hybridized carbons (Fsp3) is 0.333. The van der Waals surface area contributed by atoms with Gasteiger partial charge < -0.3 is 15.2 Å². The van der Waals surface area contributed by atoms with Crippen LogP contribution >= 0.6 is 11.3 Å². The largest absolute Gasteiger partial charge is 0.363 e. The van der Waals surface area contributed by atoms with Gasteiger partial charge in [-0.3, -0.25) is 4.79 Å². The number of anilines is 1. The summed E-state index contributed by atoms with van der Waals surface area (Å²) in [5.41, 5.74) is 0.675. The Morgan fingerprint density at radius 2 is 2.35 bits per heavy atom. The minimum atomic E-state index is -0.273. The van der Waals surface area contributed by atoms with E-state index in [0.29, 0.717) is 28.1 Å². The Bertz CT molecular complexity index is 521. The number of aromatic nitrogens is 3. The first-order valence-electron chi connectivity index (χ1n) is 4.90. The molecule has 90 valence electrons. The molecule has 0 atom stereocenters. The molecule has 2 heterocycles. The molecule has 7 nitrogen and oxygen atoms in total. The number of nitrogens with one attached hydrogen (secondary N) is 2. The van der Waals surface area contributed by atoms with Crippen LogP contribution in [0.1, 0.15) is 21.3 Å². The van der Waals surface area contributed by atoms with Crippen molar-refractivity contribution in [1.82, 2.24) is 20.7 Å². The summed E-state index contributed by atoms with van der Waals surface area (Å²) in [5.74, 6) is 0.437. The van der Waals surface area contributed by atoms with Crippen LogP contribution < -0.4 is 10.6 Å². The van der Waals surface area contributed by atoms with Crippen molar-refractivity contribution < 1.29 is 9.32 Å². The first-order chi connectivity index (χ1) is 8.19.